The molecule has 100 valence electrons. The van der Waals surface area contributed by atoms with Crippen LogP contribution in [0.1, 0.15) is 18.9 Å². The van der Waals surface area contributed by atoms with Crippen molar-refractivity contribution in [1.82, 2.24) is 0 Å². The van der Waals surface area contributed by atoms with Crippen LogP contribution in [0.5, 0.6) is 0 Å². The first kappa shape index (κ1) is 15.2. The van der Waals surface area contributed by atoms with Crippen LogP contribution in [-0.4, -0.2) is 24.9 Å². The van der Waals surface area contributed by atoms with Gasteiger partial charge in [-0.1, -0.05) is 29.8 Å². The predicted molar refractivity (Wildman–Crippen MR) is 74.4 cm³/mol. The van der Waals surface area contributed by atoms with Gasteiger partial charge in [-0.2, -0.15) is 0 Å². The zero-order valence-corrected chi connectivity index (χ0v) is 11.8. The Morgan fingerprint density at radius 2 is 1.94 bits per heavy atom. The van der Waals surface area contributed by atoms with Crippen molar-refractivity contribution in [2.24, 2.45) is 0 Å². The first-order valence-electron chi connectivity index (χ1n) is 5.53. The van der Waals surface area contributed by atoms with Gasteiger partial charge < -0.3 is 5.11 Å². The maximum Gasteiger partial charge on any atom is 0.162 e. The van der Waals surface area contributed by atoms with E-state index in [0.717, 1.165) is 0 Å². The van der Waals surface area contributed by atoms with E-state index in [1.807, 2.05) is 0 Å². The lowest BCUT2D eigenvalue weighted by atomic mass is 10.1. The fourth-order valence-corrected chi connectivity index (χ4v) is 3.24. The Bertz CT molecular complexity index is 508. The lowest BCUT2D eigenvalue weighted by Crippen LogP contribution is -2.39. The molecule has 0 spiro atoms. The molecule has 0 aliphatic rings. The minimum absolute atomic E-state index is 0.116. The highest BCUT2D eigenvalue weighted by Crippen LogP contribution is 2.25. The topological polar surface area (TPSA) is 54.4 Å². The molecule has 0 aliphatic heterocycles. The van der Waals surface area contributed by atoms with Crippen LogP contribution in [-0.2, 0) is 15.6 Å². The van der Waals surface area contributed by atoms with Gasteiger partial charge in [0.2, 0.25) is 0 Å². The molecule has 0 bridgehead atoms. The molecule has 1 aromatic carbocycles. The van der Waals surface area contributed by atoms with Crippen LogP contribution < -0.4 is 0 Å². The number of halogens is 1. The fraction of sp³-hybridized carbons (Fsp3) is 0.385. The molecule has 0 fully saturated rings. The van der Waals surface area contributed by atoms with Crippen molar-refractivity contribution >= 4 is 21.4 Å². The number of benzene rings is 1. The maximum atomic E-state index is 12.3. The number of aliphatic hydroxyl groups excluding tert-OH is 1. The Labute approximate surface area is 113 Å². The van der Waals surface area contributed by atoms with E-state index in [1.54, 1.807) is 24.3 Å². The van der Waals surface area contributed by atoms with Gasteiger partial charge in [0.15, 0.2) is 9.84 Å². The van der Waals surface area contributed by atoms with Crippen LogP contribution in [0.2, 0.25) is 5.02 Å². The Kier molecular flexibility index (Phi) is 4.96. The molecule has 0 radical (unpaired) electrons. The van der Waals surface area contributed by atoms with Crippen molar-refractivity contribution in [3.63, 3.8) is 0 Å². The quantitative estimate of drug-likeness (QED) is 0.819. The third-order valence-electron chi connectivity index (χ3n) is 2.93. The fourth-order valence-electron chi connectivity index (χ4n) is 1.57. The minimum atomic E-state index is -3.46. The van der Waals surface area contributed by atoms with Crippen molar-refractivity contribution in [2.75, 3.05) is 6.61 Å². The van der Waals surface area contributed by atoms with Gasteiger partial charge >= 0.3 is 0 Å². The van der Waals surface area contributed by atoms with Gasteiger partial charge in [0, 0.05) is 5.02 Å². The van der Waals surface area contributed by atoms with Crippen LogP contribution in [0.3, 0.4) is 0 Å². The second-order valence-electron chi connectivity index (χ2n) is 4.49. The smallest absolute Gasteiger partial charge is 0.162 e. The van der Waals surface area contributed by atoms with Gasteiger partial charge in [-0.15, -0.1) is 6.58 Å². The molecule has 1 N–H and O–H groups in total. The molecule has 18 heavy (non-hydrogen) atoms. The van der Waals surface area contributed by atoms with Crippen LogP contribution >= 0.6 is 11.6 Å². The molecule has 0 aliphatic carbocycles. The van der Waals surface area contributed by atoms with Gasteiger partial charge in [0.1, 0.15) is 0 Å². The number of hydrogen-bond donors (Lipinski definition) is 1. The van der Waals surface area contributed by atoms with Crippen molar-refractivity contribution in [1.29, 1.82) is 0 Å². The van der Waals surface area contributed by atoms with Crippen molar-refractivity contribution in [2.45, 2.75) is 23.8 Å². The third kappa shape index (κ3) is 3.34. The standard InChI is InChI=1S/C13H17ClO3S/c1-3-8-13(2,10-15)18(16,17)9-11-4-6-12(14)7-5-11/h3-7,15H,1,8-10H2,2H3. The Morgan fingerprint density at radius 3 is 2.39 bits per heavy atom. The summed E-state index contributed by atoms with van der Waals surface area (Å²) in [5.41, 5.74) is 0.656. The summed E-state index contributed by atoms with van der Waals surface area (Å²) in [7, 11) is -3.46. The summed E-state index contributed by atoms with van der Waals surface area (Å²) in [6, 6.07) is 6.64. The zero-order valence-electron chi connectivity index (χ0n) is 10.3. The molecular weight excluding hydrogens is 272 g/mol. The summed E-state index contributed by atoms with van der Waals surface area (Å²) in [4.78, 5) is 0. The highest BCUT2D eigenvalue weighted by molar-refractivity contribution is 7.92. The average molecular weight is 289 g/mol. The molecule has 1 aromatic rings. The third-order valence-corrected chi connectivity index (χ3v) is 5.69. The second-order valence-corrected chi connectivity index (χ2v) is 7.43. The second kappa shape index (κ2) is 5.87. The molecule has 0 amide bonds. The Morgan fingerprint density at radius 1 is 1.39 bits per heavy atom. The molecule has 1 rings (SSSR count). The summed E-state index contributed by atoms with van der Waals surface area (Å²) in [5.74, 6) is -0.116. The highest BCUT2D eigenvalue weighted by atomic mass is 35.5. The van der Waals surface area contributed by atoms with Crippen molar-refractivity contribution in [3.05, 3.63) is 47.5 Å². The van der Waals surface area contributed by atoms with Gasteiger partial charge in [0.05, 0.1) is 17.1 Å². The maximum absolute atomic E-state index is 12.3. The summed E-state index contributed by atoms with van der Waals surface area (Å²) >= 11 is 5.75. The van der Waals surface area contributed by atoms with Crippen molar-refractivity contribution in [3.8, 4) is 0 Å². The van der Waals surface area contributed by atoms with Gasteiger partial charge in [-0.3, -0.25) is 0 Å². The summed E-state index contributed by atoms with van der Waals surface area (Å²) in [6.45, 7) is 4.64. The molecule has 0 aromatic heterocycles. The summed E-state index contributed by atoms with van der Waals surface area (Å²) < 4.78 is 23.4. The lowest BCUT2D eigenvalue weighted by Gasteiger charge is -2.25. The molecule has 0 saturated heterocycles. The molecule has 0 saturated carbocycles. The van der Waals surface area contributed by atoms with E-state index in [2.05, 4.69) is 6.58 Å². The minimum Gasteiger partial charge on any atom is -0.395 e. The number of allylic oxidation sites excluding steroid dienone is 1. The molecular formula is C13H17ClO3S. The molecule has 3 nitrogen and oxygen atoms in total. The SMILES string of the molecule is C=CCC(C)(CO)S(=O)(=O)Cc1ccc(Cl)cc1. The van der Waals surface area contributed by atoms with E-state index in [0.29, 0.717) is 10.6 Å². The zero-order chi connectivity index (χ0) is 13.8. The number of hydrogen-bond acceptors (Lipinski definition) is 3. The summed E-state index contributed by atoms with van der Waals surface area (Å²) in [6.07, 6.45) is 1.73. The van der Waals surface area contributed by atoms with E-state index in [1.165, 1.54) is 13.0 Å². The average Bonchev–Trinajstić information content (AvgIpc) is 2.32. The largest absolute Gasteiger partial charge is 0.395 e. The van der Waals surface area contributed by atoms with E-state index in [9.17, 15) is 13.5 Å². The first-order chi connectivity index (χ1) is 8.34. The Hall–Kier alpha value is -0.840. The number of rotatable bonds is 6. The molecule has 5 heteroatoms. The highest BCUT2D eigenvalue weighted by Gasteiger charge is 2.37. The molecule has 0 heterocycles. The van der Waals surface area contributed by atoms with E-state index < -0.39 is 21.2 Å². The van der Waals surface area contributed by atoms with Gasteiger partial charge in [0.25, 0.3) is 0 Å². The number of sulfone groups is 1. The van der Waals surface area contributed by atoms with Crippen LogP contribution in [0.25, 0.3) is 0 Å². The van der Waals surface area contributed by atoms with E-state index in [4.69, 9.17) is 11.6 Å². The first-order valence-corrected chi connectivity index (χ1v) is 7.56. The monoisotopic (exact) mass is 288 g/mol. The Balaban J connectivity index is 3.00. The molecule has 1 atom stereocenters. The van der Waals surface area contributed by atoms with Crippen LogP contribution in [0.4, 0.5) is 0 Å². The van der Waals surface area contributed by atoms with Crippen LogP contribution in [0, 0.1) is 0 Å². The van der Waals surface area contributed by atoms with Crippen LogP contribution in [0.15, 0.2) is 36.9 Å². The molecule has 1 unspecified atom stereocenters. The normalized spacial score (nSPS) is 15.1. The van der Waals surface area contributed by atoms with E-state index >= 15 is 0 Å². The lowest BCUT2D eigenvalue weighted by molar-refractivity contribution is 0.250. The predicted octanol–water partition coefficient (Wildman–Crippen LogP) is 2.58. The number of aliphatic hydroxyl groups is 1. The van der Waals surface area contributed by atoms with Gasteiger partial charge in [-0.05, 0) is 31.0 Å². The van der Waals surface area contributed by atoms with E-state index in [-0.39, 0.29) is 12.2 Å². The van der Waals surface area contributed by atoms with Crippen molar-refractivity contribution < 1.29 is 13.5 Å². The summed E-state index contributed by atoms with van der Waals surface area (Å²) in [5, 5.41) is 9.89. The van der Waals surface area contributed by atoms with Gasteiger partial charge in [-0.25, -0.2) is 8.42 Å².